The van der Waals surface area contributed by atoms with Crippen LogP contribution in [0.15, 0.2) is 77.9 Å². The average Bonchev–Trinajstić information content (AvgIpc) is 3.14. The van der Waals surface area contributed by atoms with E-state index >= 15 is 0 Å². The Morgan fingerprint density at radius 3 is 2.33 bits per heavy atom. The smallest absolute Gasteiger partial charge is 0.219 e. The van der Waals surface area contributed by atoms with Crippen molar-refractivity contribution in [2.24, 2.45) is 5.10 Å². The van der Waals surface area contributed by atoms with Crippen LogP contribution in [0.25, 0.3) is 0 Å². The Morgan fingerprint density at radius 2 is 1.56 bits per heavy atom. The summed E-state index contributed by atoms with van der Waals surface area (Å²) in [5.41, 5.74) is 2.73. The summed E-state index contributed by atoms with van der Waals surface area (Å²) in [5.74, 6) is -0.640. The molecule has 0 amide bonds. The van der Waals surface area contributed by atoms with Crippen LogP contribution in [-0.2, 0) is 0 Å². The predicted molar refractivity (Wildman–Crippen MR) is 98.3 cm³/mol. The fourth-order valence-electron chi connectivity index (χ4n) is 3.78. The van der Waals surface area contributed by atoms with Crippen molar-refractivity contribution >= 4 is 5.71 Å². The number of hydrazone groups is 1. The van der Waals surface area contributed by atoms with Gasteiger partial charge in [0.05, 0.1) is 17.3 Å². The second kappa shape index (κ2) is 6.20. The van der Waals surface area contributed by atoms with Gasteiger partial charge in [-0.2, -0.15) is 5.10 Å². The van der Waals surface area contributed by atoms with Crippen molar-refractivity contribution in [3.8, 4) is 5.75 Å². The number of halogens is 2. The molecule has 5 rings (SSSR count). The zero-order valence-corrected chi connectivity index (χ0v) is 14.3. The van der Waals surface area contributed by atoms with Gasteiger partial charge >= 0.3 is 0 Å². The molecule has 134 valence electrons. The minimum Gasteiger partial charge on any atom is -0.464 e. The lowest BCUT2D eigenvalue weighted by molar-refractivity contribution is -0.0234. The quantitative estimate of drug-likeness (QED) is 0.625. The van der Waals surface area contributed by atoms with Crippen LogP contribution in [0.1, 0.15) is 35.4 Å². The first-order valence-corrected chi connectivity index (χ1v) is 8.83. The van der Waals surface area contributed by atoms with Crippen molar-refractivity contribution in [3.63, 3.8) is 0 Å². The second-order valence-corrected chi connectivity index (χ2v) is 6.66. The summed E-state index contributed by atoms with van der Waals surface area (Å²) in [6.45, 7) is 0. The van der Waals surface area contributed by atoms with Crippen LogP contribution in [0, 0.1) is 11.6 Å². The third-order valence-electron chi connectivity index (χ3n) is 5.05. The molecule has 0 spiro atoms. The number of fused-ring (bicyclic) bond motifs is 3. The highest BCUT2D eigenvalue weighted by atomic mass is 19.1. The van der Waals surface area contributed by atoms with E-state index in [1.54, 1.807) is 5.01 Å². The van der Waals surface area contributed by atoms with Crippen molar-refractivity contribution < 1.29 is 13.5 Å². The predicted octanol–water partition coefficient (Wildman–Crippen LogP) is 5.21. The minimum atomic E-state index is -0.952. The molecule has 0 aromatic heterocycles. The molecule has 3 aromatic carbocycles. The Bertz CT molecular complexity index is 1020. The fourth-order valence-corrected chi connectivity index (χ4v) is 3.78. The molecule has 2 aliphatic heterocycles. The Balaban J connectivity index is 1.65. The van der Waals surface area contributed by atoms with Crippen LogP contribution in [0.5, 0.6) is 5.75 Å². The van der Waals surface area contributed by atoms with Gasteiger partial charge in [0.25, 0.3) is 0 Å². The monoisotopic (exact) mass is 362 g/mol. The molecule has 3 nitrogen and oxygen atoms in total. The third-order valence-corrected chi connectivity index (χ3v) is 5.05. The average molecular weight is 362 g/mol. The van der Waals surface area contributed by atoms with Gasteiger partial charge < -0.3 is 4.74 Å². The van der Waals surface area contributed by atoms with E-state index < -0.39 is 17.9 Å². The molecule has 2 aliphatic rings. The summed E-state index contributed by atoms with van der Waals surface area (Å²) in [6, 6.07) is 21.1. The van der Waals surface area contributed by atoms with Gasteiger partial charge in [0.15, 0.2) is 0 Å². The van der Waals surface area contributed by atoms with E-state index in [1.165, 1.54) is 18.2 Å². The van der Waals surface area contributed by atoms with Crippen LogP contribution >= 0.6 is 0 Å². The van der Waals surface area contributed by atoms with Gasteiger partial charge in [-0.05, 0) is 23.8 Å². The van der Waals surface area contributed by atoms with E-state index in [1.807, 2.05) is 54.6 Å². The number of rotatable bonds is 2. The number of hydrogen-bond donors (Lipinski definition) is 0. The summed E-state index contributed by atoms with van der Waals surface area (Å²) < 4.78 is 35.0. The third kappa shape index (κ3) is 2.58. The number of benzene rings is 3. The van der Waals surface area contributed by atoms with E-state index in [0.717, 1.165) is 16.8 Å². The Kier molecular flexibility index (Phi) is 3.67. The summed E-state index contributed by atoms with van der Waals surface area (Å²) in [7, 11) is 0. The number of nitrogens with zero attached hydrogens (tertiary/aromatic N) is 2. The molecule has 0 aliphatic carbocycles. The lowest BCUT2D eigenvalue weighted by atomic mass is 9.96. The zero-order chi connectivity index (χ0) is 18.4. The normalized spacial score (nSPS) is 20.5. The van der Waals surface area contributed by atoms with Crippen molar-refractivity contribution in [1.29, 1.82) is 0 Å². The van der Waals surface area contributed by atoms with E-state index in [9.17, 15) is 8.78 Å². The maximum Gasteiger partial charge on any atom is 0.219 e. The topological polar surface area (TPSA) is 24.8 Å². The molecule has 2 heterocycles. The van der Waals surface area contributed by atoms with Crippen molar-refractivity contribution in [2.75, 3.05) is 0 Å². The van der Waals surface area contributed by atoms with Crippen molar-refractivity contribution in [2.45, 2.75) is 18.7 Å². The van der Waals surface area contributed by atoms with Gasteiger partial charge in [0, 0.05) is 12.0 Å². The SMILES string of the molecule is Fc1cccc(F)c1[C@@H]1Oc2ccccc2[C@@H]2CC(c3ccccc3)=NN21. The molecule has 0 saturated heterocycles. The van der Waals surface area contributed by atoms with E-state index in [2.05, 4.69) is 0 Å². The van der Waals surface area contributed by atoms with Crippen LogP contribution < -0.4 is 4.74 Å². The largest absolute Gasteiger partial charge is 0.464 e. The summed E-state index contributed by atoms with van der Waals surface area (Å²) >= 11 is 0. The van der Waals surface area contributed by atoms with E-state index in [0.29, 0.717) is 12.2 Å². The Labute approximate surface area is 155 Å². The van der Waals surface area contributed by atoms with Crippen molar-refractivity contribution in [1.82, 2.24) is 5.01 Å². The first-order valence-electron chi connectivity index (χ1n) is 8.83. The molecule has 0 unspecified atom stereocenters. The summed E-state index contributed by atoms with van der Waals surface area (Å²) in [5, 5.41) is 6.40. The fraction of sp³-hybridized carbons (Fsp3) is 0.136. The minimum absolute atomic E-state index is 0.116. The highest BCUT2D eigenvalue weighted by Crippen LogP contribution is 2.48. The molecule has 0 fully saturated rings. The van der Waals surface area contributed by atoms with Crippen molar-refractivity contribution in [3.05, 3.63) is 101 Å². The molecular weight excluding hydrogens is 346 g/mol. The molecular formula is C22H16F2N2O. The lowest BCUT2D eigenvalue weighted by Gasteiger charge is -2.38. The second-order valence-electron chi connectivity index (χ2n) is 6.66. The van der Waals surface area contributed by atoms with Gasteiger partial charge in [-0.15, -0.1) is 0 Å². The molecule has 0 N–H and O–H groups in total. The van der Waals surface area contributed by atoms with E-state index in [-0.39, 0.29) is 11.6 Å². The maximum atomic E-state index is 14.5. The number of ether oxygens (including phenoxy) is 1. The van der Waals surface area contributed by atoms with Crippen LogP contribution in [0.2, 0.25) is 0 Å². The molecule has 3 aromatic rings. The van der Waals surface area contributed by atoms with Gasteiger partial charge in [0.1, 0.15) is 17.4 Å². The van der Waals surface area contributed by atoms with Gasteiger partial charge in [-0.3, -0.25) is 0 Å². The maximum absolute atomic E-state index is 14.5. The van der Waals surface area contributed by atoms with Crippen LogP contribution in [0.4, 0.5) is 8.78 Å². The summed E-state index contributed by atoms with van der Waals surface area (Å²) in [4.78, 5) is 0. The lowest BCUT2D eigenvalue weighted by Crippen LogP contribution is -2.34. The Morgan fingerprint density at radius 1 is 0.852 bits per heavy atom. The zero-order valence-electron chi connectivity index (χ0n) is 14.3. The Hall–Kier alpha value is -3.21. The van der Waals surface area contributed by atoms with Gasteiger partial charge in [-0.25, -0.2) is 13.8 Å². The van der Waals surface area contributed by atoms with Crippen LogP contribution in [0.3, 0.4) is 0 Å². The standard InChI is InChI=1S/C22H16F2N2O/c23-16-10-6-11-17(24)21(16)22-26-19(15-9-4-5-12-20(15)27-22)13-18(25-26)14-7-2-1-3-8-14/h1-12,19,22H,13H2/t19-,22-/m0/s1. The van der Waals surface area contributed by atoms with Gasteiger partial charge in [0.2, 0.25) is 6.23 Å². The molecule has 27 heavy (non-hydrogen) atoms. The molecule has 0 radical (unpaired) electrons. The van der Waals surface area contributed by atoms with Gasteiger partial charge in [-0.1, -0.05) is 54.6 Å². The molecule has 0 bridgehead atoms. The molecule has 0 saturated carbocycles. The first kappa shape index (κ1) is 16.0. The summed E-state index contributed by atoms with van der Waals surface area (Å²) in [6.07, 6.45) is -0.302. The highest BCUT2D eigenvalue weighted by molar-refractivity contribution is 6.01. The highest BCUT2D eigenvalue weighted by Gasteiger charge is 2.42. The van der Waals surface area contributed by atoms with Crippen LogP contribution in [-0.4, -0.2) is 10.7 Å². The number of hydrogen-bond acceptors (Lipinski definition) is 3. The molecule has 2 atom stereocenters. The van der Waals surface area contributed by atoms with E-state index in [4.69, 9.17) is 9.84 Å². The molecule has 5 heteroatoms. The number of para-hydroxylation sites is 1. The first-order chi connectivity index (χ1) is 13.2.